The zero-order valence-corrected chi connectivity index (χ0v) is 6.36. The summed E-state index contributed by atoms with van der Waals surface area (Å²) in [5, 5.41) is 9.94. The lowest BCUT2D eigenvalue weighted by Crippen LogP contribution is -2.21. The van der Waals surface area contributed by atoms with Gasteiger partial charge in [-0.15, -0.1) is 0 Å². The van der Waals surface area contributed by atoms with Gasteiger partial charge in [-0.05, 0) is 12.1 Å². The lowest BCUT2D eigenvalue weighted by Gasteiger charge is -2.19. The summed E-state index contributed by atoms with van der Waals surface area (Å²) < 4.78 is 0. The standard InChI is InChI=1S/C9H7N3/c10-7-12-6-5-8-3-1-2-4-9(8)11-12/h1-6,11H. The molecule has 0 unspecified atom stereocenters. The van der Waals surface area contributed by atoms with Crippen LogP contribution in [0.2, 0.25) is 0 Å². The molecule has 1 aliphatic rings. The van der Waals surface area contributed by atoms with Crippen LogP contribution in [0.4, 0.5) is 5.69 Å². The van der Waals surface area contributed by atoms with Crippen molar-refractivity contribution >= 4 is 11.8 Å². The summed E-state index contributed by atoms with van der Waals surface area (Å²) in [5.74, 6) is 0. The zero-order chi connectivity index (χ0) is 8.39. The highest BCUT2D eigenvalue weighted by molar-refractivity contribution is 5.68. The normalized spacial score (nSPS) is 13.1. The van der Waals surface area contributed by atoms with Crippen LogP contribution in [0.5, 0.6) is 0 Å². The largest absolute Gasteiger partial charge is 0.285 e. The highest BCUT2D eigenvalue weighted by Gasteiger charge is 2.06. The molecule has 3 heteroatoms. The molecule has 0 amide bonds. The van der Waals surface area contributed by atoms with Gasteiger partial charge in [0.15, 0.2) is 0 Å². The van der Waals surface area contributed by atoms with Crippen LogP contribution < -0.4 is 5.43 Å². The first kappa shape index (κ1) is 6.74. The van der Waals surface area contributed by atoms with Crippen LogP contribution in [0.25, 0.3) is 6.08 Å². The van der Waals surface area contributed by atoms with Gasteiger partial charge in [0.25, 0.3) is 0 Å². The Balaban J connectivity index is 2.41. The van der Waals surface area contributed by atoms with Crippen LogP contribution in [-0.2, 0) is 0 Å². The first-order chi connectivity index (χ1) is 5.90. The Morgan fingerprint density at radius 2 is 2.17 bits per heavy atom. The Kier molecular flexibility index (Phi) is 1.45. The number of para-hydroxylation sites is 1. The minimum atomic E-state index is 0.960. The Labute approximate surface area is 70.5 Å². The summed E-state index contributed by atoms with van der Waals surface area (Å²) in [6.07, 6.45) is 5.57. The highest BCUT2D eigenvalue weighted by Crippen LogP contribution is 2.20. The van der Waals surface area contributed by atoms with Crippen LogP contribution in [0.15, 0.2) is 30.5 Å². The fourth-order valence-electron chi connectivity index (χ4n) is 1.12. The van der Waals surface area contributed by atoms with Gasteiger partial charge in [-0.25, -0.2) is 0 Å². The number of anilines is 1. The third-order valence-electron chi connectivity index (χ3n) is 1.71. The molecule has 0 saturated heterocycles. The Morgan fingerprint density at radius 1 is 1.33 bits per heavy atom. The predicted octanol–water partition coefficient (Wildman–Crippen LogP) is 1.78. The average Bonchev–Trinajstić information content (AvgIpc) is 2.17. The van der Waals surface area contributed by atoms with Crippen molar-refractivity contribution in [2.24, 2.45) is 0 Å². The van der Waals surface area contributed by atoms with Gasteiger partial charge in [0, 0.05) is 11.8 Å². The van der Waals surface area contributed by atoms with Gasteiger partial charge in [0.2, 0.25) is 6.19 Å². The zero-order valence-electron chi connectivity index (χ0n) is 6.36. The van der Waals surface area contributed by atoms with Gasteiger partial charge in [-0.2, -0.15) is 10.3 Å². The van der Waals surface area contributed by atoms with Crippen LogP contribution in [0.1, 0.15) is 5.56 Å². The van der Waals surface area contributed by atoms with E-state index >= 15 is 0 Å². The molecule has 58 valence electrons. The third-order valence-corrected chi connectivity index (χ3v) is 1.71. The second-order valence-electron chi connectivity index (χ2n) is 2.48. The molecule has 0 atom stereocenters. The minimum absolute atomic E-state index is 0.960. The van der Waals surface area contributed by atoms with Crippen molar-refractivity contribution in [2.45, 2.75) is 0 Å². The van der Waals surface area contributed by atoms with Gasteiger partial charge in [0.1, 0.15) is 0 Å². The third kappa shape index (κ3) is 0.995. The van der Waals surface area contributed by atoms with Crippen molar-refractivity contribution in [1.82, 2.24) is 5.01 Å². The Hall–Kier alpha value is -1.95. The molecular formula is C9H7N3. The Bertz CT molecular complexity index is 362. The molecule has 1 aromatic carbocycles. The van der Waals surface area contributed by atoms with E-state index < -0.39 is 0 Å². The van der Waals surface area contributed by atoms with Crippen LogP contribution >= 0.6 is 0 Å². The van der Waals surface area contributed by atoms with Crippen molar-refractivity contribution < 1.29 is 0 Å². The van der Waals surface area contributed by atoms with Gasteiger partial charge in [-0.3, -0.25) is 5.43 Å². The fourth-order valence-corrected chi connectivity index (χ4v) is 1.12. The van der Waals surface area contributed by atoms with Crippen molar-refractivity contribution in [1.29, 1.82) is 5.26 Å². The molecule has 1 heterocycles. The van der Waals surface area contributed by atoms with Crippen molar-refractivity contribution in [3.05, 3.63) is 36.0 Å². The SMILES string of the molecule is N#CN1C=Cc2ccccc2N1. The van der Waals surface area contributed by atoms with Crippen LogP contribution in [-0.4, -0.2) is 5.01 Å². The van der Waals surface area contributed by atoms with Crippen molar-refractivity contribution in [3.8, 4) is 6.19 Å². The minimum Gasteiger partial charge on any atom is -0.285 e. The summed E-state index contributed by atoms with van der Waals surface area (Å²) >= 11 is 0. The van der Waals surface area contributed by atoms with Crippen LogP contribution in [0.3, 0.4) is 0 Å². The molecule has 0 fully saturated rings. The van der Waals surface area contributed by atoms with E-state index in [0.29, 0.717) is 0 Å². The molecule has 0 spiro atoms. The smallest absolute Gasteiger partial charge is 0.204 e. The van der Waals surface area contributed by atoms with E-state index in [4.69, 9.17) is 5.26 Å². The number of nitriles is 1. The number of benzene rings is 1. The molecule has 1 N–H and O–H groups in total. The van der Waals surface area contributed by atoms with E-state index in [1.54, 1.807) is 6.20 Å². The number of rotatable bonds is 0. The number of hydrogen-bond acceptors (Lipinski definition) is 3. The molecular weight excluding hydrogens is 150 g/mol. The maximum absolute atomic E-state index is 8.58. The molecule has 0 bridgehead atoms. The van der Waals surface area contributed by atoms with E-state index in [1.807, 2.05) is 36.5 Å². The number of nitrogens with one attached hydrogen (secondary N) is 1. The van der Waals surface area contributed by atoms with Gasteiger partial charge in [-0.1, -0.05) is 18.2 Å². The van der Waals surface area contributed by atoms with Gasteiger partial charge >= 0.3 is 0 Å². The van der Waals surface area contributed by atoms with Crippen molar-refractivity contribution in [2.75, 3.05) is 5.43 Å². The van der Waals surface area contributed by atoms with Gasteiger partial charge < -0.3 is 0 Å². The van der Waals surface area contributed by atoms with Crippen LogP contribution in [0, 0.1) is 11.5 Å². The summed E-state index contributed by atoms with van der Waals surface area (Å²) in [4.78, 5) is 0. The lowest BCUT2D eigenvalue weighted by atomic mass is 10.1. The molecule has 0 saturated carbocycles. The van der Waals surface area contributed by atoms with E-state index in [2.05, 4.69) is 5.43 Å². The van der Waals surface area contributed by atoms with E-state index in [0.717, 1.165) is 11.3 Å². The number of hydrazine groups is 1. The second-order valence-corrected chi connectivity index (χ2v) is 2.48. The van der Waals surface area contributed by atoms with E-state index in [9.17, 15) is 0 Å². The summed E-state index contributed by atoms with van der Waals surface area (Å²) in [6.45, 7) is 0. The maximum atomic E-state index is 8.58. The molecule has 0 radical (unpaired) electrons. The van der Waals surface area contributed by atoms with Gasteiger partial charge in [0.05, 0.1) is 5.69 Å². The number of fused-ring (bicyclic) bond motifs is 1. The molecule has 12 heavy (non-hydrogen) atoms. The predicted molar refractivity (Wildman–Crippen MR) is 46.6 cm³/mol. The summed E-state index contributed by atoms with van der Waals surface area (Å²) in [5.41, 5.74) is 4.99. The summed E-state index contributed by atoms with van der Waals surface area (Å²) in [6, 6.07) is 7.82. The first-order valence-electron chi connectivity index (χ1n) is 3.63. The summed E-state index contributed by atoms with van der Waals surface area (Å²) in [7, 11) is 0. The van der Waals surface area contributed by atoms with Crippen molar-refractivity contribution in [3.63, 3.8) is 0 Å². The fraction of sp³-hybridized carbons (Fsp3) is 0. The number of hydrogen-bond donors (Lipinski definition) is 1. The molecule has 3 nitrogen and oxygen atoms in total. The molecule has 2 rings (SSSR count). The topological polar surface area (TPSA) is 39.1 Å². The molecule has 1 aliphatic heterocycles. The molecule has 1 aromatic rings. The monoisotopic (exact) mass is 157 g/mol. The van der Waals surface area contributed by atoms with E-state index in [-0.39, 0.29) is 0 Å². The van der Waals surface area contributed by atoms with E-state index in [1.165, 1.54) is 5.01 Å². The molecule has 0 aromatic heterocycles. The average molecular weight is 157 g/mol. The lowest BCUT2D eigenvalue weighted by molar-refractivity contribution is 0.631. The maximum Gasteiger partial charge on any atom is 0.204 e. The quantitative estimate of drug-likeness (QED) is 0.583. The molecule has 0 aliphatic carbocycles. The second kappa shape index (κ2) is 2.59. The highest BCUT2D eigenvalue weighted by atomic mass is 15.5. The first-order valence-corrected chi connectivity index (χ1v) is 3.63. The number of nitrogens with zero attached hydrogens (tertiary/aromatic N) is 2. The Morgan fingerprint density at radius 3 is 3.00 bits per heavy atom.